The third-order valence-electron chi connectivity index (χ3n) is 4.70. The van der Waals surface area contributed by atoms with Gasteiger partial charge >= 0.3 is 12.1 Å². The van der Waals surface area contributed by atoms with Crippen molar-refractivity contribution in [2.45, 2.75) is 45.9 Å². The molecule has 0 saturated carbocycles. The van der Waals surface area contributed by atoms with Crippen LogP contribution in [-0.2, 0) is 30.2 Å². The number of amides is 1. The second kappa shape index (κ2) is 18.7. The van der Waals surface area contributed by atoms with Crippen molar-refractivity contribution in [2.24, 2.45) is 17.6 Å². The normalized spacial score (nSPS) is 13.5. The minimum atomic E-state index is -1.10. The van der Waals surface area contributed by atoms with Crippen LogP contribution in [0, 0.1) is 11.8 Å². The first kappa shape index (κ1) is 31.5. The van der Waals surface area contributed by atoms with Gasteiger partial charge in [-0.1, -0.05) is 65.8 Å². The van der Waals surface area contributed by atoms with Crippen LogP contribution in [0.5, 0.6) is 0 Å². The number of benzene rings is 1. The number of nitrogens with one attached hydrogen (secondary N) is 1. The highest BCUT2D eigenvalue weighted by atomic mass is 33.1. The lowest BCUT2D eigenvalue weighted by Gasteiger charge is -2.21. The summed E-state index contributed by atoms with van der Waals surface area (Å²) in [5.41, 5.74) is 7.17. The predicted octanol–water partition coefficient (Wildman–Crippen LogP) is 4.12. The molecule has 1 amide bonds. The smallest absolute Gasteiger partial charge is 0.435 e. The molecule has 0 fully saturated rings. The highest BCUT2D eigenvalue weighted by molar-refractivity contribution is 8.76. The summed E-state index contributed by atoms with van der Waals surface area (Å²) in [6.45, 7) is 4.96. The van der Waals surface area contributed by atoms with Crippen LogP contribution in [0.25, 0.3) is 0 Å². The maximum Gasteiger partial charge on any atom is 0.511 e. The lowest BCUT2D eigenvalue weighted by molar-refractivity contribution is -0.178. The average molecular weight is 547 g/mol. The summed E-state index contributed by atoms with van der Waals surface area (Å²) in [6.07, 6.45) is 1.57. The molecule has 8 nitrogen and oxygen atoms in total. The van der Waals surface area contributed by atoms with Crippen LogP contribution >= 0.6 is 33.3 Å². The molecular formula is C24H38N2O6S3. The van der Waals surface area contributed by atoms with Crippen molar-refractivity contribution in [3.05, 3.63) is 35.9 Å². The molecule has 1 rings (SSSR count). The lowest BCUT2D eigenvalue weighted by Crippen LogP contribution is -2.39. The molecule has 198 valence electrons. The van der Waals surface area contributed by atoms with Crippen molar-refractivity contribution in [3.8, 4) is 0 Å². The topological polar surface area (TPSA) is 117 Å². The van der Waals surface area contributed by atoms with E-state index in [1.165, 1.54) is 0 Å². The number of carbonyl (C=O) groups is 3. The van der Waals surface area contributed by atoms with Crippen LogP contribution in [0.1, 0.15) is 32.8 Å². The molecule has 1 aromatic rings. The predicted molar refractivity (Wildman–Crippen MR) is 145 cm³/mol. The quantitative estimate of drug-likeness (QED) is 0.128. The first-order valence-electron chi connectivity index (χ1n) is 11.6. The van der Waals surface area contributed by atoms with Crippen molar-refractivity contribution in [3.63, 3.8) is 0 Å². The minimum Gasteiger partial charge on any atom is -0.435 e. The highest BCUT2D eigenvalue weighted by Crippen LogP contribution is 2.27. The molecule has 11 heteroatoms. The van der Waals surface area contributed by atoms with Gasteiger partial charge in [0.25, 0.3) is 6.29 Å². The molecule has 0 bridgehead atoms. The standard InChI is InChI=1S/C24H38N2O6S3/c1-5-30-24(29)32-23(17(2)3)31-21(27)14-26-22(28)19(13-18-9-7-6-8-10-18)15-34-35-16-20(25)11-12-33-4/h6-10,17,19-20,23H,5,11-16,25H2,1-4H3,(H,26,28)/t19-,20+,23?/m1/s1. The van der Waals surface area contributed by atoms with Gasteiger partial charge in [-0.05, 0) is 37.3 Å². The fraction of sp³-hybridized carbons (Fsp3) is 0.625. The van der Waals surface area contributed by atoms with E-state index in [9.17, 15) is 14.4 Å². The van der Waals surface area contributed by atoms with Crippen LogP contribution in [0.4, 0.5) is 4.79 Å². The highest BCUT2D eigenvalue weighted by Gasteiger charge is 2.25. The fourth-order valence-corrected chi connectivity index (χ4v) is 5.86. The van der Waals surface area contributed by atoms with Gasteiger partial charge in [0.05, 0.1) is 12.5 Å². The molecule has 0 saturated heterocycles. The van der Waals surface area contributed by atoms with Crippen LogP contribution < -0.4 is 11.1 Å². The maximum absolute atomic E-state index is 12.9. The van der Waals surface area contributed by atoms with Crippen LogP contribution in [-0.4, -0.2) is 67.0 Å². The number of esters is 1. The van der Waals surface area contributed by atoms with Crippen molar-refractivity contribution in [1.82, 2.24) is 5.32 Å². The van der Waals surface area contributed by atoms with Crippen LogP contribution in [0.15, 0.2) is 30.3 Å². The van der Waals surface area contributed by atoms with Crippen molar-refractivity contribution in [1.29, 1.82) is 0 Å². The third-order valence-corrected chi connectivity index (χ3v) is 7.93. The second-order valence-electron chi connectivity index (χ2n) is 8.12. The van der Waals surface area contributed by atoms with Gasteiger partial charge < -0.3 is 25.3 Å². The van der Waals surface area contributed by atoms with E-state index in [2.05, 4.69) is 11.6 Å². The Morgan fingerprint density at radius 1 is 1.06 bits per heavy atom. The molecule has 0 spiro atoms. The Balaban J connectivity index is 2.61. The number of thioether (sulfide) groups is 1. The van der Waals surface area contributed by atoms with Gasteiger partial charge in [0.15, 0.2) is 0 Å². The fourth-order valence-electron chi connectivity index (χ4n) is 2.76. The Morgan fingerprint density at radius 2 is 1.74 bits per heavy atom. The molecule has 1 unspecified atom stereocenters. The number of carbonyl (C=O) groups excluding carboxylic acids is 3. The van der Waals surface area contributed by atoms with Crippen LogP contribution in [0.2, 0.25) is 0 Å². The summed E-state index contributed by atoms with van der Waals surface area (Å²) in [7, 11) is 3.28. The number of rotatable bonds is 17. The Morgan fingerprint density at radius 3 is 2.37 bits per heavy atom. The van der Waals surface area contributed by atoms with Gasteiger partial charge in [-0.15, -0.1) is 0 Å². The van der Waals surface area contributed by atoms with Crippen LogP contribution in [0.3, 0.4) is 0 Å². The zero-order valence-electron chi connectivity index (χ0n) is 20.9. The van der Waals surface area contributed by atoms with Crippen molar-refractivity contribution >= 4 is 51.4 Å². The SMILES string of the molecule is CCOC(=O)OC(OC(=O)CNC(=O)[C@@H](CSSC[C@@H](N)CCSC)Cc1ccccc1)C(C)C. The van der Waals surface area contributed by atoms with Gasteiger partial charge in [0, 0.05) is 23.5 Å². The number of hydrogen-bond acceptors (Lipinski definition) is 10. The largest absolute Gasteiger partial charge is 0.511 e. The molecule has 0 aliphatic heterocycles. The Labute approximate surface area is 220 Å². The Kier molecular flexibility index (Phi) is 16.8. The zero-order valence-corrected chi connectivity index (χ0v) is 23.3. The lowest BCUT2D eigenvalue weighted by atomic mass is 10.0. The summed E-state index contributed by atoms with van der Waals surface area (Å²) in [6, 6.07) is 9.88. The van der Waals surface area contributed by atoms with E-state index in [1.54, 1.807) is 54.1 Å². The van der Waals surface area contributed by atoms with E-state index < -0.39 is 18.4 Å². The molecular weight excluding hydrogens is 508 g/mol. The molecule has 0 heterocycles. The second-order valence-corrected chi connectivity index (χ2v) is 11.7. The van der Waals surface area contributed by atoms with E-state index in [4.69, 9.17) is 19.9 Å². The van der Waals surface area contributed by atoms with E-state index in [1.807, 2.05) is 30.3 Å². The third kappa shape index (κ3) is 14.6. The van der Waals surface area contributed by atoms with Gasteiger partial charge in [0.1, 0.15) is 6.54 Å². The van der Waals surface area contributed by atoms with Crippen molar-refractivity contribution < 1.29 is 28.6 Å². The summed E-state index contributed by atoms with van der Waals surface area (Å²) < 4.78 is 15.0. The average Bonchev–Trinajstić information content (AvgIpc) is 2.83. The Bertz CT molecular complexity index is 754. The monoisotopic (exact) mass is 546 g/mol. The van der Waals surface area contributed by atoms with E-state index in [-0.39, 0.29) is 36.9 Å². The maximum atomic E-state index is 12.9. The molecule has 0 aromatic heterocycles. The summed E-state index contributed by atoms with van der Waals surface area (Å²) in [4.78, 5) is 36.8. The number of ether oxygens (including phenoxy) is 3. The Hall–Kier alpha value is -1.56. The van der Waals surface area contributed by atoms with Gasteiger partial charge in [0.2, 0.25) is 5.91 Å². The molecule has 3 N–H and O–H groups in total. The first-order valence-corrected chi connectivity index (χ1v) is 15.5. The van der Waals surface area contributed by atoms with Gasteiger partial charge in [-0.2, -0.15) is 11.8 Å². The zero-order chi connectivity index (χ0) is 26.1. The molecule has 0 aliphatic rings. The summed E-state index contributed by atoms with van der Waals surface area (Å²) in [5.74, 6) is 0.885. The van der Waals surface area contributed by atoms with Gasteiger partial charge in [-0.25, -0.2) is 4.79 Å². The molecule has 0 aliphatic carbocycles. The minimum absolute atomic E-state index is 0.127. The van der Waals surface area contributed by atoms with E-state index in [0.717, 1.165) is 23.5 Å². The van der Waals surface area contributed by atoms with E-state index in [0.29, 0.717) is 12.2 Å². The molecule has 0 radical (unpaired) electrons. The number of nitrogens with two attached hydrogens (primary N) is 1. The van der Waals surface area contributed by atoms with Crippen molar-refractivity contribution in [2.75, 3.05) is 36.7 Å². The summed E-state index contributed by atoms with van der Waals surface area (Å²) in [5, 5.41) is 2.67. The molecule has 1 aromatic carbocycles. The molecule has 35 heavy (non-hydrogen) atoms. The van der Waals surface area contributed by atoms with E-state index >= 15 is 0 Å². The molecule has 3 atom stereocenters. The summed E-state index contributed by atoms with van der Waals surface area (Å²) >= 11 is 1.78. The first-order chi connectivity index (χ1) is 16.8. The number of hydrogen-bond donors (Lipinski definition) is 2. The van der Waals surface area contributed by atoms with Gasteiger partial charge in [-0.3, -0.25) is 9.59 Å².